The highest BCUT2D eigenvalue weighted by Gasteiger charge is 2.32. The molecule has 0 radical (unpaired) electrons. The third-order valence-electron chi connectivity index (χ3n) is 7.87. The molecule has 20 N–H and O–H groups in total. The van der Waals surface area contributed by atoms with Gasteiger partial charge in [0.25, 0.3) is 0 Å². The molecule has 314 valence electrons. The molecule has 0 spiro atoms. The first-order chi connectivity index (χ1) is 25.6. The molecule has 0 rings (SSSR count). The molecule has 0 fully saturated rings. The van der Waals surface area contributed by atoms with Crippen molar-refractivity contribution in [2.75, 3.05) is 19.6 Å². The zero-order valence-electron chi connectivity index (χ0n) is 32.7. The number of hydrogen-bond acceptors (Lipinski definition) is 10. The minimum Gasteiger partial charge on any atom is -0.480 e. The lowest BCUT2D eigenvalue weighted by Gasteiger charge is -2.27. The minimum atomic E-state index is -1.30. The maximum atomic E-state index is 13.8. The number of amides is 5. The van der Waals surface area contributed by atoms with Crippen molar-refractivity contribution >= 4 is 53.4 Å². The van der Waals surface area contributed by atoms with Crippen molar-refractivity contribution in [2.24, 2.45) is 66.9 Å². The third kappa shape index (κ3) is 23.1. The largest absolute Gasteiger partial charge is 0.480 e. The van der Waals surface area contributed by atoms with Gasteiger partial charge >= 0.3 is 5.97 Å². The van der Waals surface area contributed by atoms with Crippen LogP contribution in [-0.2, 0) is 28.8 Å². The SMILES string of the molecule is CC(C)C[C@H](NC(=O)[C@H](CCCN=C(N)N)NC(=O)[C@H](CCCN=C(N)N)NC(=O)[C@H](C)NC(=O)[C@@H](N)CC(C)C)C(=O)N[C@@H](CCCN=C(N)N)C(=O)O. The average Bonchev–Trinajstić information content (AvgIpc) is 3.06. The molecular formula is C33H65N15O7. The maximum Gasteiger partial charge on any atom is 0.326 e. The molecule has 0 aliphatic rings. The van der Waals surface area contributed by atoms with Crippen LogP contribution in [-0.4, -0.2) is 114 Å². The van der Waals surface area contributed by atoms with Gasteiger partial charge in [0.2, 0.25) is 29.5 Å². The van der Waals surface area contributed by atoms with Crippen molar-refractivity contribution in [2.45, 2.75) is 122 Å². The Bertz CT molecular complexity index is 1340. The second kappa shape index (κ2) is 26.4. The lowest BCUT2D eigenvalue weighted by atomic mass is 10.0. The van der Waals surface area contributed by atoms with E-state index in [1.54, 1.807) is 0 Å². The Labute approximate surface area is 322 Å². The fourth-order valence-corrected chi connectivity index (χ4v) is 5.12. The summed E-state index contributed by atoms with van der Waals surface area (Å²) in [6, 6.07) is -6.89. The van der Waals surface area contributed by atoms with Gasteiger partial charge in [-0.15, -0.1) is 0 Å². The highest BCUT2D eigenvalue weighted by atomic mass is 16.4. The molecule has 55 heavy (non-hydrogen) atoms. The highest BCUT2D eigenvalue weighted by molar-refractivity contribution is 5.96. The second-order valence-corrected chi connectivity index (χ2v) is 14.0. The molecule has 5 amide bonds. The lowest BCUT2D eigenvalue weighted by molar-refractivity contribution is -0.142. The molecule has 0 aromatic carbocycles. The Morgan fingerprint density at radius 2 is 0.836 bits per heavy atom. The molecule has 0 unspecified atom stereocenters. The monoisotopic (exact) mass is 784 g/mol. The summed E-state index contributed by atoms with van der Waals surface area (Å²) in [5.41, 5.74) is 38.3. The molecule has 0 saturated carbocycles. The Balaban J connectivity index is 6.27. The number of carboxylic acid groups (broad SMARTS) is 1. The summed E-state index contributed by atoms with van der Waals surface area (Å²) in [7, 11) is 0. The van der Waals surface area contributed by atoms with Crippen molar-refractivity contribution in [3.8, 4) is 0 Å². The molecule has 0 aromatic rings. The smallest absolute Gasteiger partial charge is 0.326 e. The number of aliphatic imine (C=N–C) groups is 3. The van der Waals surface area contributed by atoms with Crippen LogP contribution in [0.25, 0.3) is 0 Å². The Morgan fingerprint density at radius 1 is 0.491 bits per heavy atom. The van der Waals surface area contributed by atoms with E-state index in [1.165, 1.54) is 6.92 Å². The molecular weight excluding hydrogens is 718 g/mol. The Hall–Kier alpha value is -5.41. The van der Waals surface area contributed by atoms with E-state index in [-0.39, 0.29) is 94.3 Å². The summed E-state index contributed by atoms with van der Waals surface area (Å²) < 4.78 is 0. The van der Waals surface area contributed by atoms with Crippen molar-refractivity contribution in [3.63, 3.8) is 0 Å². The molecule has 0 saturated heterocycles. The van der Waals surface area contributed by atoms with E-state index >= 15 is 0 Å². The van der Waals surface area contributed by atoms with E-state index in [0.29, 0.717) is 6.42 Å². The van der Waals surface area contributed by atoms with Gasteiger partial charge < -0.3 is 71.8 Å². The van der Waals surface area contributed by atoms with Crippen LogP contribution in [0.2, 0.25) is 0 Å². The molecule has 6 atom stereocenters. The fraction of sp³-hybridized carbons (Fsp3) is 0.727. The minimum absolute atomic E-state index is 0.00177. The molecule has 0 bridgehead atoms. The number of carbonyl (C=O) groups is 6. The van der Waals surface area contributed by atoms with Crippen LogP contribution in [0.1, 0.15) is 86.0 Å². The van der Waals surface area contributed by atoms with Gasteiger partial charge in [-0.2, -0.15) is 0 Å². The first-order valence-electron chi connectivity index (χ1n) is 18.3. The highest BCUT2D eigenvalue weighted by Crippen LogP contribution is 2.10. The van der Waals surface area contributed by atoms with E-state index in [2.05, 4.69) is 41.6 Å². The topological polar surface area (TPSA) is 402 Å². The van der Waals surface area contributed by atoms with E-state index in [0.717, 1.165) is 0 Å². The summed E-state index contributed by atoms with van der Waals surface area (Å²) in [6.45, 7) is 9.22. The fourth-order valence-electron chi connectivity index (χ4n) is 5.12. The number of nitrogens with zero attached hydrogens (tertiary/aromatic N) is 3. The van der Waals surface area contributed by atoms with Gasteiger partial charge in [0.15, 0.2) is 17.9 Å². The average molecular weight is 784 g/mol. The summed E-state index contributed by atoms with van der Waals surface area (Å²) in [4.78, 5) is 90.4. The number of nitrogens with two attached hydrogens (primary N) is 7. The molecule has 0 aromatic heterocycles. The molecule has 0 aliphatic carbocycles. The predicted molar refractivity (Wildman–Crippen MR) is 210 cm³/mol. The van der Waals surface area contributed by atoms with E-state index in [4.69, 9.17) is 40.1 Å². The number of aliphatic carboxylic acids is 1. The van der Waals surface area contributed by atoms with Gasteiger partial charge in [-0.05, 0) is 70.1 Å². The number of carbonyl (C=O) groups excluding carboxylic acids is 5. The number of nitrogens with one attached hydrogen (secondary N) is 5. The van der Waals surface area contributed by atoms with Crippen LogP contribution in [0.5, 0.6) is 0 Å². The first-order valence-corrected chi connectivity index (χ1v) is 18.3. The van der Waals surface area contributed by atoms with Crippen molar-refractivity contribution in [3.05, 3.63) is 0 Å². The predicted octanol–water partition coefficient (Wildman–Crippen LogP) is -3.90. The number of hydrogen-bond donors (Lipinski definition) is 13. The van der Waals surface area contributed by atoms with E-state index < -0.39 is 71.8 Å². The summed E-state index contributed by atoms with van der Waals surface area (Å²) >= 11 is 0. The van der Waals surface area contributed by atoms with Gasteiger partial charge in [-0.1, -0.05) is 27.7 Å². The van der Waals surface area contributed by atoms with Gasteiger partial charge in [0, 0.05) is 19.6 Å². The van der Waals surface area contributed by atoms with E-state index in [9.17, 15) is 33.9 Å². The zero-order chi connectivity index (χ0) is 42.2. The van der Waals surface area contributed by atoms with Crippen LogP contribution in [0.3, 0.4) is 0 Å². The molecule has 0 aliphatic heterocycles. The van der Waals surface area contributed by atoms with Crippen LogP contribution in [0.15, 0.2) is 15.0 Å². The Morgan fingerprint density at radius 3 is 1.22 bits per heavy atom. The normalized spacial score (nSPS) is 14.2. The summed E-state index contributed by atoms with van der Waals surface area (Å²) in [5.74, 6) is -5.29. The zero-order valence-corrected chi connectivity index (χ0v) is 32.7. The Kier molecular flexibility index (Phi) is 23.8. The van der Waals surface area contributed by atoms with E-state index in [1.807, 2.05) is 27.7 Å². The number of carboxylic acids is 1. The summed E-state index contributed by atoms with van der Waals surface area (Å²) in [5, 5.41) is 22.7. The molecule has 0 heterocycles. The van der Waals surface area contributed by atoms with Crippen LogP contribution < -0.4 is 66.7 Å². The van der Waals surface area contributed by atoms with Gasteiger partial charge in [-0.25, -0.2) is 4.79 Å². The lowest BCUT2D eigenvalue weighted by Crippen LogP contribution is -2.59. The van der Waals surface area contributed by atoms with Crippen LogP contribution in [0, 0.1) is 11.8 Å². The number of rotatable bonds is 27. The first kappa shape index (κ1) is 49.6. The van der Waals surface area contributed by atoms with Crippen molar-refractivity contribution < 1.29 is 33.9 Å². The summed E-state index contributed by atoms with van der Waals surface area (Å²) in [6.07, 6.45) is 1.27. The standard InChI is InChI=1S/C33H65N15O7/c1-17(2)15-20(34)26(50)44-19(5)25(49)45-21(9-6-12-41-31(35)36)27(51)46-22(10-7-13-42-32(37)38)28(52)48-24(16-18(3)4)29(53)47-23(30(54)55)11-8-14-43-33(39)40/h17-24H,6-16,34H2,1-5H3,(H,44,50)(H,45,49)(H,46,51)(H,47,53)(H,48,52)(H,54,55)(H4,35,36,41)(H4,37,38,42)(H4,39,40,43)/t19-,20-,21-,22-,23-,24-/m0/s1. The number of guanidine groups is 3. The molecule has 22 heteroatoms. The maximum absolute atomic E-state index is 13.8. The molecule has 22 nitrogen and oxygen atoms in total. The van der Waals surface area contributed by atoms with Gasteiger partial charge in [0.1, 0.15) is 30.2 Å². The quantitative estimate of drug-likeness (QED) is 0.0215. The van der Waals surface area contributed by atoms with Crippen LogP contribution in [0.4, 0.5) is 0 Å². The van der Waals surface area contributed by atoms with Gasteiger partial charge in [0.05, 0.1) is 6.04 Å². The van der Waals surface area contributed by atoms with Crippen molar-refractivity contribution in [1.82, 2.24) is 26.6 Å². The van der Waals surface area contributed by atoms with Gasteiger partial charge in [-0.3, -0.25) is 38.9 Å². The van der Waals surface area contributed by atoms with Crippen LogP contribution >= 0.6 is 0 Å². The van der Waals surface area contributed by atoms with Crippen molar-refractivity contribution in [1.29, 1.82) is 0 Å². The third-order valence-corrected chi connectivity index (χ3v) is 7.87. The second-order valence-electron chi connectivity index (χ2n) is 14.0.